The number of ether oxygens (including phenoxy) is 3. The third kappa shape index (κ3) is 7.07. The first-order chi connectivity index (χ1) is 15.9. The highest BCUT2D eigenvalue weighted by Crippen LogP contribution is 2.28. The second-order valence-electron chi connectivity index (χ2n) is 8.32. The lowest BCUT2D eigenvalue weighted by molar-refractivity contribution is 0.0955. The molecule has 1 N–H and O–H groups in total. The predicted octanol–water partition coefficient (Wildman–Crippen LogP) is 4.61. The van der Waals surface area contributed by atoms with Gasteiger partial charge in [0.2, 0.25) is 0 Å². The van der Waals surface area contributed by atoms with Crippen LogP contribution in [0.1, 0.15) is 42.3 Å². The van der Waals surface area contributed by atoms with Crippen molar-refractivity contribution >= 4 is 12.1 Å². The Morgan fingerprint density at radius 1 is 0.970 bits per heavy atom. The largest absolute Gasteiger partial charge is 0.493 e. The highest BCUT2D eigenvalue weighted by molar-refractivity contribution is 5.94. The molecule has 0 fully saturated rings. The number of benzene rings is 2. The summed E-state index contributed by atoms with van der Waals surface area (Å²) in [5.41, 5.74) is 5.09. The van der Waals surface area contributed by atoms with E-state index in [-0.39, 0.29) is 11.3 Å². The van der Waals surface area contributed by atoms with Crippen molar-refractivity contribution in [1.82, 2.24) is 10.4 Å². The number of aromatic nitrogens is 1. The van der Waals surface area contributed by atoms with Crippen molar-refractivity contribution in [2.24, 2.45) is 5.10 Å². The summed E-state index contributed by atoms with van der Waals surface area (Å²) in [5, 5.41) is 3.99. The number of hydrazone groups is 1. The van der Waals surface area contributed by atoms with E-state index in [1.54, 1.807) is 43.8 Å². The molecule has 3 aromatic rings. The quantitative estimate of drug-likeness (QED) is 0.294. The van der Waals surface area contributed by atoms with Crippen molar-refractivity contribution in [3.05, 3.63) is 83.7 Å². The van der Waals surface area contributed by atoms with Gasteiger partial charge in [-0.1, -0.05) is 32.9 Å². The summed E-state index contributed by atoms with van der Waals surface area (Å²) in [6.07, 6.45) is 4.64. The van der Waals surface area contributed by atoms with Gasteiger partial charge in [0.25, 0.3) is 5.91 Å². The maximum absolute atomic E-state index is 12.0. The molecule has 0 aliphatic rings. The van der Waals surface area contributed by atoms with E-state index >= 15 is 0 Å². The minimum Gasteiger partial charge on any atom is -0.493 e. The molecule has 0 bridgehead atoms. The van der Waals surface area contributed by atoms with Crippen LogP contribution in [0.2, 0.25) is 0 Å². The van der Waals surface area contributed by atoms with Crippen LogP contribution in [0.5, 0.6) is 17.2 Å². The number of nitrogens with one attached hydrogen (secondary N) is 1. The standard InChI is InChI=1S/C26H29N3O4/c1-26(2,3)21-6-8-22(9-7-21)32-15-16-33-23-10-5-19(17-24(23)31-4)18-28-29-25(30)20-11-13-27-14-12-20/h5-14,17-18H,15-16H2,1-4H3,(H,29,30)/b28-18+. The van der Waals surface area contributed by atoms with Gasteiger partial charge in [-0.3, -0.25) is 9.78 Å². The smallest absolute Gasteiger partial charge is 0.271 e. The van der Waals surface area contributed by atoms with Gasteiger partial charge in [-0.25, -0.2) is 5.43 Å². The van der Waals surface area contributed by atoms with Gasteiger partial charge < -0.3 is 14.2 Å². The number of nitrogens with zero attached hydrogens (tertiary/aromatic N) is 2. The maximum Gasteiger partial charge on any atom is 0.271 e. The molecule has 0 aliphatic heterocycles. The van der Waals surface area contributed by atoms with Crippen LogP contribution < -0.4 is 19.6 Å². The molecule has 1 aromatic heterocycles. The molecule has 0 saturated carbocycles. The Kier molecular flexibility index (Phi) is 8.02. The Labute approximate surface area is 194 Å². The number of carbonyl (C=O) groups is 1. The zero-order chi connectivity index (χ0) is 23.7. The van der Waals surface area contributed by atoms with Gasteiger partial charge in [-0.2, -0.15) is 5.10 Å². The molecule has 33 heavy (non-hydrogen) atoms. The molecule has 172 valence electrons. The first-order valence-electron chi connectivity index (χ1n) is 10.6. The molecular weight excluding hydrogens is 418 g/mol. The average molecular weight is 448 g/mol. The summed E-state index contributed by atoms with van der Waals surface area (Å²) in [6, 6.07) is 16.7. The van der Waals surface area contributed by atoms with Gasteiger partial charge in [0.05, 0.1) is 13.3 Å². The van der Waals surface area contributed by atoms with E-state index in [0.717, 1.165) is 11.3 Å². The second-order valence-corrected chi connectivity index (χ2v) is 8.32. The Morgan fingerprint density at radius 3 is 2.33 bits per heavy atom. The van der Waals surface area contributed by atoms with Crippen molar-refractivity contribution in [3.63, 3.8) is 0 Å². The van der Waals surface area contributed by atoms with Crippen LogP contribution in [0.15, 0.2) is 72.1 Å². The van der Waals surface area contributed by atoms with E-state index in [0.29, 0.717) is 30.3 Å². The van der Waals surface area contributed by atoms with Gasteiger partial charge in [0.1, 0.15) is 19.0 Å². The number of hydrogen-bond donors (Lipinski definition) is 1. The van der Waals surface area contributed by atoms with Gasteiger partial charge in [0.15, 0.2) is 11.5 Å². The fourth-order valence-corrected chi connectivity index (χ4v) is 2.98. The number of pyridine rings is 1. The highest BCUT2D eigenvalue weighted by Gasteiger charge is 2.13. The number of methoxy groups -OCH3 is 1. The maximum atomic E-state index is 12.0. The van der Waals surface area contributed by atoms with Gasteiger partial charge in [-0.05, 0) is 59.0 Å². The average Bonchev–Trinajstić information content (AvgIpc) is 2.82. The first-order valence-corrected chi connectivity index (χ1v) is 10.6. The van der Waals surface area contributed by atoms with E-state index in [9.17, 15) is 4.79 Å². The molecule has 1 heterocycles. The molecule has 0 saturated heterocycles. The fraction of sp³-hybridized carbons (Fsp3) is 0.269. The Bertz CT molecular complexity index is 1070. The fourth-order valence-electron chi connectivity index (χ4n) is 2.98. The molecule has 0 unspecified atom stereocenters. The lowest BCUT2D eigenvalue weighted by Gasteiger charge is -2.19. The van der Waals surface area contributed by atoms with E-state index in [4.69, 9.17) is 14.2 Å². The summed E-state index contributed by atoms with van der Waals surface area (Å²) < 4.78 is 17.0. The van der Waals surface area contributed by atoms with E-state index in [1.807, 2.05) is 18.2 Å². The Morgan fingerprint density at radius 2 is 1.67 bits per heavy atom. The number of carbonyl (C=O) groups excluding carboxylic acids is 1. The first kappa shape index (κ1) is 23.8. The van der Waals surface area contributed by atoms with Gasteiger partial charge in [-0.15, -0.1) is 0 Å². The monoisotopic (exact) mass is 447 g/mol. The third-order valence-electron chi connectivity index (χ3n) is 4.84. The van der Waals surface area contributed by atoms with Crippen LogP contribution in [0, 0.1) is 0 Å². The van der Waals surface area contributed by atoms with E-state index < -0.39 is 0 Å². The summed E-state index contributed by atoms with van der Waals surface area (Å²) in [5.74, 6) is 1.66. The Hall–Kier alpha value is -3.87. The topological polar surface area (TPSA) is 82.0 Å². The molecule has 7 heteroatoms. The molecule has 1 amide bonds. The van der Waals surface area contributed by atoms with Crippen molar-refractivity contribution in [1.29, 1.82) is 0 Å². The summed E-state index contributed by atoms with van der Waals surface area (Å²) in [6.45, 7) is 7.31. The minimum absolute atomic E-state index is 0.111. The minimum atomic E-state index is -0.311. The van der Waals surface area contributed by atoms with Crippen molar-refractivity contribution < 1.29 is 19.0 Å². The SMILES string of the molecule is COc1cc(/C=N/NC(=O)c2ccncc2)ccc1OCCOc1ccc(C(C)(C)C)cc1. The van der Waals surface area contributed by atoms with Gasteiger partial charge in [0, 0.05) is 18.0 Å². The van der Waals surface area contributed by atoms with Crippen molar-refractivity contribution in [2.75, 3.05) is 20.3 Å². The molecule has 0 aliphatic carbocycles. The summed E-state index contributed by atoms with van der Waals surface area (Å²) >= 11 is 0. The number of amides is 1. The summed E-state index contributed by atoms with van der Waals surface area (Å²) in [4.78, 5) is 15.9. The molecule has 2 aromatic carbocycles. The Balaban J connectivity index is 1.49. The lowest BCUT2D eigenvalue weighted by Crippen LogP contribution is -2.17. The third-order valence-corrected chi connectivity index (χ3v) is 4.84. The molecule has 0 radical (unpaired) electrons. The normalized spacial score (nSPS) is 11.3. The zero-order valence-corrected chi connectivity index (χ0v) is 19.4. The van der Waals surface area contributed by atoms with Crippen LogP contribution in [0.4, 0.5) is 0 Å². The highest BCUT2D eigenvalue weighted by atomic mass is 16.5. The van der Waals surface area contributed by atoms with E-state index in [1.165, 1.54) is 11.8 Å². The van der Waals surface area contributed by atoms with Crippen LogP contribution in [-0.2, 0) is 5.41 Å². The van der Waals surface area contributed by atoms with Gasteiger partial charge >= 0.3 is 0 Å². The molecule has 3 rings (SSSR count). The van der Waals surface area contributed by atoms with Crippen LogP contribution in [0.25, 0.3) is 0 Å². The molecule has 7 nitrogen and oxygen atoms in total. The molecule has 0 atom stereocenters. The van der Waals surface area contributed by atoms with Crippen LogP contribution in [-0.4, -0.2) is 37.4 Å². The van der Waals surface area contributed by atoms with E-state index in [2.05, 4.69) is 48.4 Å². The number of hydrogen-bond acceptors (Lipinski definition) is 6. The zero-order valence-electron chi connectivity index (χ0n) is 19.4. The lowest BCUT2D eigenvalue weighted by atomic mass is 9.87. The van der Waals surface area contributed by atoms with Crippen molar-refractivity contribution in [2.45, 2.75) is 26.2 Å². The molecular formula is C26H29N3O4. The molecule has 0 spiro atoms. The summed E-state index contributed by atoms with van der Waals surface area (Å²) in [7, 11) is 1.57. The van der Waals surface area contributed by atoms with Crippen molar-refractivity contribution in [3.8, 4) is 17.2 Å². The number of rotatable bonds is 9. The predicted molar refractivity (Wildman–Crippen MR) is 128 cm³/mol. The van der Waals surface area contributed by atoms with Crippen LogP contribution in [0.3, 0.4) is 0 Å². The van der Waals surface area contributed by atoms with Crippen LogP contribution >= 0.6 is 0 Å². The second kappa shape index (κ2) is 11.1.